The van der Waals surface area contributed by atoms with Crippen LogP contribution < -0.4 is 5.32 Å². The molecule has 0 aliphatic carbocycles. The Morgan fingerprint density at radius 2 is 2.04 bits per heavy atom. The first-order valence-corrected chi connectivity index (χ1v) is 10.0. The third kappa shape index (κ3) is 3.34. The van der Waals surface area contributed by atoms with Gasteiger partial charge in [-0.1, -0.05) is 6.07 Å². The molecule has 23 heavy (non-hydrogen) atoms. The Labute approximate surface area is 144 Å². The zero-order valence-electron chi connectivity index (χ0n) is 13.0. The molecule has 6 heteroatoms. The van der Waals surface area contributed by atoms with Crippen LogP contribution in [0.2, 0.25) is 0 Å². The number of likely N-dealkylation sites (tertiary alicyclic amines) is 1. The molecule has 2 aliphatic rings. The number of thiophene rings is 1. The number of thiazole rings is 1. The lowest BCUT2D eigenvalue weighted by Gasteiger charge is -2.20. The van der Waals surface area contributed by atoms with Crippen LogP contribution in [-0.4, -0.2) is 42.0 Å². The topological polar surface area (TPSA) is 45.2 Å². The van der Waals surface area contributed by atoms with Gasteiger partial charge in [0.05, 0.1) is 17.0 Å². The summed E-state index contributed by atoms with van der Waals surface area (Å²) in [7, 11) is 0. The minimum Gasteiger partial charge on any atom is -0.342 e. The van der Waals surface area contributed by atoms with E-state index in [1.54, 1.807) is 22.7 Å². The highest BCUT2D eigenvalue weighted by Gasteiger charge is 2.31. The van der Waals surface area contributed by atoms with E-state index in [1.165, 1.54) is 4.88 Å². The fraction of sp³-hybridized carbons (Fsp3) is 0.529. The molecule has 2 fully saturated rings. The summed E-state index contributed by atoms with van der Waals surface area (Å²) < 4.78 is 0. The van der Waals surface area contributed by atoms with E-state index in [0.29, 0.717) is 6.42 Å². The molecule has 0 radical (unpaired) electrons. The van der Waals surface area contributed by atoms with Crippen molar-refractivity contribution in [1.29, 1.82) is 0 Å². The summed E-state index contributed by atoms with van der Waals surface area (Å²) in [6, 6.07) is 4.12. The van der Waals surface area contributed by atoms with Crippen molar-refractivity contribution in [2.75, 3.05) is 26.2 Å². The Bertz CT molecular complexity index is 653. The SMILES string of the molecule is O=C(Cc1csc(-c2cccs2)n1)N1CC[C@@H]2CNC[C@@H]2CC1. The Morgan fingerprint density at radius 1 is 1.26 bits per heavy atom. The van der Waals surface area contributed by atoms with Crippen LogP contribution in [0, 0.1) is 11.8 Å². The molecular weight excluding hydrogens is 326 g/mol. The van der Waals surface area contributed by atoms with Gasteiger partial charge in [0.2, 0.25) is 5.91 Å². The quantitative estimate of drug-likeness (QED) is 0.929. The predicted octanol–water partition coefficient (Wildman–Crippen LogP) is 2.87. The van der Waals surface area contributed by atoms with E-state index in [9.17, 15) is 4.79 Å². The predicted molar refractivity (Wildman–Crippen MR) is 94.8 cm³/mol. The van der Waals surface area contributed by atoms with E-state index < -0.39 is 0 Å². The second-order valence-corrected chi connectivity index (χ2v) is 8.24. The van der Waals surface area contributed by atoms with Gasteiger partial charge in [-0.25, -0.2) is 4.98 Å². The molecule has 2 aromatic rings. The van der Waals surface area contributed by atoms with Gasteiger partial charge in [0, 0.05) is 18.5 Å². The summed E-state index contributed by atoms with van der Waals surface area (Å²) in [4.78, 5) is 20.5. The van der Waals surface area contributed by atoms with Crippen LogP contribution in [0.15, 0.2) is 22.9 Å². The standard InChI is InChI=1S/C17H21N3OS2/c21-16(20-5-3-12-9-18-10-13(12)4-6-20)8-14-11-23-17(19-14)15-2-1-7-22-15/h1-2,7,11-13,18H,3-6,8-10H2/t12-,13+. The normalized spacial score (nSPS) is 24.4. The molecule has 1 N–H and O–H groups in total. The highest BCUT2D eigenvalue weighted by atomic mass is 32.1. The largest absolute Gasteiger partial charge is 0.342 e. The monoisotopic (exact) mass is 347 g/mol. The summed E-state index contributed by atoms with van der Waals surface area (Å²) in [5.74, 6) is 1.76. The van der Waals surface area contributed by atoms with Gasteiger partial charge >= 0.3 is 0 Å². The zero-order valence-corrected chi connectivity index (χ0v) is 14.7. The van der Waals surface area contributed by atoms with Crippen molar-refractivity contribution < 1.29 is 4.79 Å². The van der Waals surface area contributed by atoms with Crippen molar-refractivity contribution in [2.24, 2.45) is 11.8 Å². The number of nitrogens with zero attached hydrogens (tertiary/aromatic N) is 2. The molecule has 4 rings (SSSR count). The summed E-state index contributed by atoms with van der Waals surface area (Å²) in [6.45, 7) is 4.07. The number of nitrogens with one attached hydrogen (secondary N) is 1. The molecule has 2 saturated heterocycles. The highest BCUT2D eigenvalue weighted by Crippen LogP contribution is 2.29. The van der Waals surface area contributed by atoms with Crippen LogP contribution in [0.3, 0.4) is 0 Å². The third-order valence-corrected chi connectivity index (χ3v) is 6.92. The van der Waals surface area contributed by atoms with Crippen molar-refractivity contribution in [1.82, 2.24) is 15.2 Å². The minimum absolute atomic E-state index is 0.237. The average Bonchev–Trinajstić information content (AvgIpc) is 3.27. The maximum atomic E-state index is 12.6. The van der Waals surface area contributed by atoms with E-state index >= 15 is 0 Å². The van der Waals surface area contributed by atoms with Crippen LogP contribution in [0.25, 0.3) is 9.88 Å². The van der Waals surface area contributed by atoms with Gasteiger partial charge in [-0.2, -0.15) is 0 Å². The van der Waals surface area contributed by atoms with Crippen molar-refractivity contribution in [2.45, 2.75) is 19.3 Å². The molecule has 1 amide bonds. The van der Waals surface area contributed by atoms with Gasteiger partial charge < -0.3 is 10.2 Å². The second-order valence-electron chi connectivity index (χ2n) is 6.43. The Morgan fingerprint density at radius 3 is 2.74 bits per heavy atom. The molecule has 0 unspecified atom stereocenters. The molecule has 122 valence electrons. The number of hydrogen-bond donors (Lipinski definition) is 1. The Balaban J connectivity index is 1.38. The first-order chi connectivity index (χ1) is 11.3. The molecule has 2 aromatic heterocycles. The van der Waals surface area contributed by atoms with E-state index in [2.05, 4.69) is 26.6 Å². The summed E-state index contributed by atoms with van der Waals surface area (Å²) in [5.41, 5.74) is 0.912. The van der Waals surface area contributed by atoms with E-state index in [-0.39, 0.29) is 5.91 Å². The van der Waals surface area contributed by atoms with E-state index in [4.69, 9.17) is 0 Å². The van der Waals surface area contributed by atoms with E-state index in [0.717, 1.165) is 61.6 Å². The zero-order chi connectivity index (χ0) is 15.6. The molecular formula is C17H21N3OS2. The number of fused-ring (bicyclic) bond motifs is 1. The van der Waals surface area contributed by atoms with Gasteiger partial charge in [-0.3, -0.25) is 4.79 Å². The van der Waals surface area contributed by atoms with Gasteiger partial charge in [0.15, 0.2) is 0 Å². The van der Waals surface area contributed by atoms with Crippen molar-refractivity contribution in [3.8, 4) is 9.88 Å². The fourth-order valence-electron chi connectivity index (χ4n) is 3.64. The molecule has 4 nitrogen and oxygen atoms in total. The number of rotatable bonds is 3. The first-order valence-electron chi connectivity index (χ1n) is 8.26. The number of carbonyl (C=O) groups is 1. The maximum absolute atomic E-state index is 12.6. The third-order valence-electron chi connectivity index (χ3n) is 4.99. The molecule has 0 spiro atoms. The average molecular weight is 348 g/mol. The van der Waals surface area contributed by atoms with Crippen molar-refractivity contribution in [3.05, 3.63) is 28.6 Å². The summed E-state index contributed by atoms with van der Waals surface area (Å²) in [5, 5.41) is 8.60. The van der Waals surface area contributed by atoms with Gasteiger partial charge in [-0.15, -0.1) is 22.7 Å². The molecule has 0 aromatic carbocycles. The lowest BCUT2D eigenvalue weighted by molar-refractivity contribution is -0.130. The smallest absolute Gasteiger partial charge is 0.228 e. The minimum atomic E-state index is 0.237. The summed E-state index contributed by atoms with van der Waals surface area (Å²) in [6.07, 6.45) is 2.72. The number of aromatic nitrogens is 1. The lowest BCUT2D eigenvalue weighted by Crippen LogP contribution is -2.34. The lowest BCUT2D eigenvalue weighted by atomic mass is 9.92. The number of carbonyl (C=O) groups excluding carboxylic acids is 1. The first kappa shape index (κ1) is 15.3. The Hall–Kier alpha value is -1.24. The Kier molecular flexibility index (Phi) is 4.46. The molecule has 4 heterocycles. The van der Waals surface area contributed by atoms with Crippen LogP contribution in [0.5, 0.6) is 0 Å². The van der Waals surface area contributed by atoms with E-state index in [1.807, 2.05) is 11.4 Å². The van der Waals surface area contributed by atoms with Crippen LogP contribution in [0.4, 0.5) is 0 Å². The molecule has 2 aliphatic heterocycles. The van der Waals surface area contributed by atoms with Gasteiger partial charge in [0.25, 0.3) is 0 Å². The van der Waals surface area contributed by atoms with Crippen LogP contribution >= 0.6 is 22.7 Å². The summed E-state index contributed by atoms with van der Waals surface area (Å²) >= 11 is 3.33. The number of hydrogen-bond acceptors (Lipinski definition) is 5. The number of amides is 1. The second kappa shape index (κ2) is 6.71. The van der Waals surface area contributed by atoms with Crippen molar-refractivity contribution in [3.63, 3.8) is 0 Å². The van der Waals surface area contributed by atoms with Crippen LogP contribution in [0.1, 0.15) is 18.5 Å². The molecule has 0 bridgehead atoms. The van der Waals surface area contributed by atoms with Crippen molar-refractivity contribution >= 4 is 28.6 Å². The van der Waals surface area contributed by atoms with Crippen LogP contribution in [-0.2, 0) is 11.2 Å². The van der Waals surface area contributed by atoms with Gasteiger partial charge in [-0.05, 0) is 49.2 Å². The maximum Gasteiger partial charge on any atom is 0.228 e. The van der Waals surface area contributed by atoms with Gasteiger partial charge in [0.1, 0.15) is 5.01 Å². The fourth-order valence-corrected chi connectivity index (χ4v) is 5.27. The highest BCUT2D eigenvalue weighted by molar-refractivity contribution is 7.20. The molecule has 2 atom stereocenters. The molecule has 0 saturated carbocycles.